The van der Waals surface area contributed by atoms with Crippen LogP contribution in [0.3, 0.4) is 0 Å². The minimum atomic E-state index is -0.782. The Hall–Kier alpha value is 0.750. The van der Waals surface area contributed by atoms with Gasteiger partial charge in [0.2, 0.25) is 0 Å². The number of hydrogen-bond acceptors (Lipinski definition) is 1. The Bertz CT molecular complexity index is 79.8. The molecule has 0 amide bonds. The summed E-state index contributed by atoms with van der Waals surface area (Å²) in [6, 6.07) is 0. The van der Waals surface area contributed by atoms with Crippen molar-refractivity contribution in [3.8, 4) is 0 Å². The van der Waals surface area contributed by atoms with Gasteiger partial charge in [-0.3, -0.25) is 0 Å². The van der Waals surface area contributed by atoms with E-state index in [-0.39, 0.29) is 24.4 Å². The zero-order chi connectivity index (χ0) is 5.49. The SMILES string of the molecule is [2H]C(O)C1(C)C[Te]1. The second-order valence-electron chi connectivity index (χ2n) is 1.73. The summed E-state index contributed by atoms with van der Waals surface area (Å²) in [4.78, 5) is 0. The van der Waals surface area contributed by atoms with Crippen molar-refractivity contribution in [1.82, 2.24) is 0 Å². The zero-order valence-electron chi connectivity index (χ0n) is 4.64. The first-order valence-electron chi connectivity index (χ1n) is 2.47. The molecule has 1 heterocycles. The van der Waals surface area contributed by atoms with Crippen molar-refractivity contribution < 1.29 is 6.48 Å². The zero-order valence-corrected chi connectivity index (χ0v) is 5.97. The quantitative estimate of drug-likeness (QED) is 0.604. The molecule has 1 aliphatic heterocycles. The Morgan fingerprint density at radius 2 is 2.83 bits per heavy atom. The van der Waals surface area contributed by atoms with Crippen LogP contribution in [0.4, 0.5) is 0 Å². The van der Waals surface area contributed by atoms with Crippen molar-refractivity contribution in [3.05, 3.63) is 0 Å². The van der Waals surface area contributed by atoms with E-state index in [2.05, 4.69) is 0 Å². The van der Waals surface area contributed by atoms with Gasteiger partial charge in [-0.2, -0.15) is 0 Å². The summed E-state index contributed by atoms with van der Waals surface area (Å²) < 4.78 is 8.14. The summed E-state index contributed by atoms with van der Waals surface area (Å²) >= 11 is 0.0649. The number of hydrogen-bond donors (Lipinski definition) is 1. The topological polar surface area (TPSA) is 20.2 Å². The monoisotopic (exact) mass is 203 g/mol. The minimum absolute atomic E-state index is 0.0649. The molecule has 1 aliphatic rings. The van der Waals surface area contributed by atoms with E-state index in [1.54, 1.807) is 0 Å². The predicted octanol–water partition coefficient (Wildman–Crippen LogP) is 0.293. The van der Waals surface area contributed by atoms with Gasteiger partial charge in [0.05, 0.1) is 0 Å². The van der Waals surface area contributed by atoms with E-state index in [9.17, 15) is 0 Å². The van der Waals surface area contributed by atoms with Crippen LogP contribution >= 0.6 is 0 Å². The molecule has 0 bridgehead atoms. The van der Waals surface area contributed by atoms with E-state index in [1.807, 2.05) is 6.92 Å². The molecule has 0 radical (unpaired) electrons. The molecule has 2 atom stereocenters. The molecule has 6 heavy (non-hydrogen) atoms. The number of aliphatic hydroxyl groups excluding tert-OH is 1. The van der Waals surface area contributed by atoms with Gasteiger partial charge in [-0.1, -0.05) is 0 Å². The normalized spacial score (nSPS) is 50.7. The second-order valence-corrected chi connectivity index (χ2v) is 6.04. The molecular formula is C4H8OTe. The fourth-order valence-electron chi connectivity index (χ4n) is 0.188. The van der Waals surface area contributed by atoms with Gasteiger partial charge in [-0.25, -0.2) is 0 Å². The van der Waals surface area contributed by atoms with Gasteiger partial charge in [-0.15, -0.1) is 0 Å². The van der Waals surface area contributed by atoms with Crippen LogP contribution in [0.1, 0.15) is 8.29 Å². The Morgan fingerprint density at radius 1 is 2.33 bits per heavy atom. The summed E-state index contributed by atoms with van der Waals surface area (Å²) in [5, 5.41) is 8.65. The summed E-state index contributed by atoms with van der Waals surface area (Å²) in [6.45, 7) is 1.21. The third kappa shape index (κ3) is 0.872. The van der Waals surface area contributed by atoms with Gasteiger partial charge >= 0.3 is 48.8 Å². The third-order valence-corrected chi connectivity index (χ3v) is 4.60. The van der Waals surface area contributed by atoms with E-state index < -0.39 is 6.58 Å². The molecule has 0 aromatic rings. The van der Waals surface area contributed by atoms with Crippen molar-refractivity contribution in [3.63, 3.8) is 0 Å². The maximum atomic E-state index is 8.65. The van der Waals surface area contributed by atoms with Crippen LogP contribution < -0.4 is 0 Å². The molecule has 0 aromatic heterocycles. The van der Waals surface area contributed by atoms with Crippen molar-refractivity contribution in [2.24, 2.45) is 0 Å². The molecule has 2 heteroatoms. The molecule has 2 unspecified atom stereocenters. The van der Waals surface area contributed by atoms with E-state index >= 15 is 0 Å². The molecule has 0 saturated carbocycles. The molecule has 0 aromatic carbocycles. The van der Waals surface area contributed by atoms with Gasteiger partial charge in [0.1, 0.15) is 0 Å². The van der Waals surface area contributed by atoms with Gasteiger partial charge < -0.3 is 0 Å². The summed E-state index contributed by atoms with van der Waals surface area (Å²) in [6.07, 6.45) is 0. The third-order valence-electron chi connectivity index (χ3n) is 0.873. The number of aliphatic hydroxyl groups is 1. The standard InChI is InChI=1S/C4H8OTe/c1-4(2-5)3-6-4/h5H,2-3H2,1H3/i2D. The van der Waals surface area contributed by atoms with Gasteiger partial charge in [0.25, 0.3) is 0 Å². The first kappa shape index (κ1) is 3.72. The Balaban J connectivity index is 2.39. The average molecular weight is 201 g/mol. The van der Waals surface area contributed by atoms with Crippen LogP contribution in [-0.4, -0.2) is 32.6 Å². The Kier molecular flexibility index (Phi) is 0.845. The molecular weight excluding hydrogens is 192 g/mol. The summed E-state index contributed by atoms with van der Waals surface area (Å²) in [5.74, 6) is 0. The first-order valence-corrected chi connectivity index (χ1v) is 4.71. The van der Waals surface area contributed by atoms with Crippen molar-refractivity contribution in [1.29, 1.82) is 0 Å². The Morgan fingerprint density at radius 3 is 2.83 bits per heavy atom. The first-order chi connectivity index (χ1) is 3.15. The van der Waals surface area contributed by atoms with E-state index in [4.69, 9.17) is 6.48 Å². The average Bonchev–Trinajstić information content (AvgIpc) is 2.21. The van der Waals surface area contributed by atoms with Crippen LogP contribution in [0.2, 0.25) is 7.93 Å². The molecule has 1 rings (SSSR count). The fourth-order valence-corrected chi connectivity index (χ4v) is 1.26. The van der Waals surface area contributed by atoms with Crippen LogP contribution in [0.5, 0.6) is 0 Å². The molecule has 36 valence electrons. The van der Waals surface area contributed by atoms with Crippen LogP contribution in [0.25, 0.3) is 0 Å². The van der Waals surface area contributed by atoms with E-state index in [1.165, 1.54) is 0 Å². The molecule has 0 aliphatic carbocycles. The van der Waals surface area contributed by atoms with Crippen LogP contribution in [-0.2, 0) is 0 Å². The molecule has 1 nitrogen and oxygen atoms in total. The van der Waals surface area contributed by atoms with Crippen LogP contribution in [0, 0.1) is 0 Å². The molecule has 1 N–H and O–H groups in total. The second kappa shape index (κ2) is 1.36. The fraction of sp³-hybridized carbons (Fsp3) is 1.00. The predicted molar refractivity (Wildman–Crippen MR) is 26.0 cm³/mol. The summed E-state index contributed by atoms with van der Waals surface area (Å²) in [5.41, 5.74) is 0. The molecule has 1 saturated heterocycles. The van der Waals surface area contributed by atoms with Gasteiger partial charge in [0, 0.05) is 0 Å². The van der Waals surface area contributed by atoms with Gasteiger partial charge in [0.15, 0.2) is 0 Å². The number of rotatable bonds is 1. The molecule has 0 spiro atoms. The van der Waals surface area contributed by atoms with Crippen molar-refractivity contribution in [2.75, 3.05) is 6.58 Å². The van der Waals surface area contributed by atoms with E-state index in [0.29, 0.717) is 0 Å². The van der Waals surface area contributed by atoms with E-state index in [0.717, 1.165) is 4.47 Å². The van der Waals surface area contributed by atoms with Gasteiger partial charge in [-0.05, 0) is 0 Å². The summed E-state index contributed by atoms with van der Waals surface area (Å²) in [7, 11) is 0. The maximum absolute atomic E-state index is 8.65. The van der Waals surface area contributed by atoms with Crippen molar-refractivity contribution >= 4 is 20.9 Å². The van der Waals surface area contributed by atoms with Crippen LogP contribution in [0.15, 0.2) is 0 Å². The molecule has 1 fully saturated rings. The van der Waals surface area contributed by atoms with Crippen molar-refractivity contribution in [2.45, 2.75) is 14.9 Å². The Labute approximate surface area is 49.2 Å².